The smallest absolute Gasteiger partial charge is 0.407 e. The lowest BCUT2D eigenvalue weighted by atomic mass is 9.98. The Morgan fingerprint density at radius 2 is 1.67 bits per heavy atom. The third kappa shape index (κ3) is 5.53. The predicted molar refractivity (Wildman–Crippen MR) is 124 cm³/mol. The lowest BCUT2D eigenvalue weighted by molar-refractivity contribution is -0.138. The van der Waals surface area contributed by atoms with Crippen molar-refractivity contribution in [3.63, 3.8) is 0 Å². The molecular weight excluding hydrogens is 420 g/mol. The monoisotopic (exact) mass is 450 g/mol. The molecule has 2 aliphatic rings. The Balaban J connectivity index is 1.18. The Kier molecular flexibility index (Phi) is 6.96. The number of carbonyl (C=O) groups excluding carboxylic acids is 2. The second-order valence-electron chi connectivity index (χ2n) is 9.09. The standard InChI is InChI=1S/C26H30N2O5/c1-16(12-24(29)30)10-11-27-25(31)22-13-17(22)14-28-26(32)33-15-23-20-8-4-2-6-18(20)19-7-3-5-9-21(19)23/h2-9,16-17,22-23H,10-15H2,1H3,(H,27,31)(H,28,32)(H,29,30). The van der Waals surface area contributed by atoms with E-state index < -0.39 is 12.1 Å². The van der Waals surface area contributed by atoms with Crippen molar-refractivity contribution in [1.82, 2.24) is 10.6 Å². The van der Waals surface area contributed by atoms with E-state index in [2.05, 4.69) is 34.9 Å². The summed E-state index contributed by atoms with van der Waals surface area (Å²) in [5.41, 5.74) is 4.71. The van der Waals surface area contributed by atoms with Gasteiger partial charge in [-0.05, 0) is 46.9 Å². The van der Waals surface area contributed by atoms with E-state index in [1.807, 2.05) is 31.2 Å². The maximum Gasteiger partial charge on any atom is 0.407 e. The van der Waals surface area contributed by atoms with Crippen molar-refractivity contribution in [2.75, 3.05) is 19.7 Å². The summed E-state index contributed by atoms with van der Waals surface area (Å²) in [6.07, 6.45) is 1.00. The van der Waals surface area contributed by atoms with Crippen LogP contribution in [0, 0.1) is 17.8 Å². The molecule has 0 aromatic heterocycles. The molecule has 0 heterocycles. The molecule has 7 nitrogen and oxygen atoms in total. The van der Waals surface area contributed by atoms with Crippen molar-refractivity contribution in [2.24, 2.45) is 17.8 Å². The van der Waals surface area contributed by atoms with Crippen LogP contribution in [0.5, 0.6) is 0 Å². The van der Waals surface area contributed by atoms with Crippen molar-refractivity contribution in [2.45, 2.75) is 32.1 Å². The van der Waals surface area contributed by atoms with Gasteiger partial charge in [-0.25, -0.2) is 4.79 Å². The summed E-state index contributed by atoms with van der Waals surface area (Å²) in [4.78, 5) is 35.2. The quantitative estimate of drug-likeness (QED) is 0.511. The number of nitrogens with one attached hydrogen (secondary N) is 2. The molecule has 2 aromatic carbocycles. The zero-order valence-electron chi connectivity index (χ0n) is 18.8. The van der Waals surface area contributed by atoms with E-state index in [0.717, 1.165) is 6.42 Å². The normalized spacial score (nSPS) is 19.2. The minimum atomic E-state index is -0.824. The highest BCUT2D eigenvalue weighted by Crippen LogP contribution is 2.44. The largest absolute Gasteiger partial charge is 0.481 e. The maximum atomic E-state index is 12.3. The van der Waals surface area contributed by atoms with Crippen LogP contribution in [0.25, 0.3) is 11.1 Å². The number of ether oxygens (including phenoxy) is 1. The van der Waals surface area contributed by atoms with Gasteiger partial charge in [0.1, 0.15) is 6.61 Å². The Morgan fingerprint density at radius 1 is 1.03 bits per heavy atom. The van der Waals surface area contributed by atoms with Gasteiger partial charge in [-0.3, -0.25) is 9.59 Å². The average molecular weight is 451 g/mol. The average Bonchev–Trinajstić information content (AvgIpc) is 3.51. The van der Waals surface area contributed by atoms with Crippen molar-refractivity contribution in [3.05, 3.63) is 59.7 Å². The number of carboxylic acid groups (broad SMARTS) is 1. The number of carboxylic acids is 1. The van der Waals surface area contributed by atoms with Gasteiger partial charge in [-0.15, -0.1) is 0 Å². The zero-order valence-corrected chi connectivity index (χ0v) is 18.8. The van der Waals surface area contributed by atoms with Gasteiger partial charge in [0.05, 0.1) is 0 Å². The highest BCUT2D eigenvalue weighted by atomic mass is 16.5. The van der Waals surface area contributed by atoms with Crippen molar-refractivity contribution >= 4 is 18.0 Å². The number of fused-ring (bicyclic) bond motifs is 3. The van der Waals surface area contributed by atoms with E-state index in [9.17, 15) is 14.4 Å². The minimum Gasteiger partial charge on any atom is -0.481 e. The molecule has 3 unspecified atom stereocenters. The van der Waals surface area contributed by atoms with Crippen LogP contribution in [-0.2, 0) is 14.3 Å². The van der Waals surface area contributed by atoms with Crippen LogP contribution in [0.3, 0.4) is 0 Å². The van der Waals surface area contributed by atoms with Crippen molar-refractivity contribution in [1.29, 1.82) is 0 Å². The van der Waals surface area contributed by atoms with Crippen LogP contribution in [0.15, 0.2) is 48.5 Å². The van der Waals surface area contributed by atoms with Crippen LogP contribution >= 0.6 is 0 Å². The van der Waals surface area contributed by atoms with Gasteiger partial charge in [-0.2, -0.15) is 0 Å². The van der Waals surface area contributed by atoms with E-state index in [0.29, 0.717) is 19.5 Å². The number of hydrogen-bond acceptors (Lipinski definition) is 4. The van der Waals surface area contributed by atoms with Crippen LogP contribution in [0.2, 0.25) is 0 Å². The second kappa shape index (κ2) is 10.1. The highest BCUT2D eigenvalue weighted by molar-refractivity contribution is 5.82. The first-order chi connectivity index (χ1) is 15.9. The first-order valence-corrected chi connectivity index (χ1v) is 11.5. The van der Waals surface area contributed by atoms with Crippen LogP contribution in [0.4, 0.5) is 4.79 Å². The molecule has 4 rings (SSSR count). The number of hydrogen-bond donors (Lipinski definition) is 3. The van der Waals surface area contributed by atoms with Gasteiger partial charge >= 0.3 is 12.1 Å². The fraction of sp³-hybridized carbons (Fsp3) is 0.423. The Morgan fingerprint density at radius 3 is 2.30 bits per heavy atom. The fourth-order valence-corrected chi connectivity index (χ4v) is 4.63. The molecule has 2 aromatic rings. The summed E-state index contributed by atoms with van der Waals surface area (Å²) in [6, 6.07) is 16.4. The molecule has 1 fully saturated rings. The number of amides is 2. The molecule has 0 saturated heterocycles. The van der Waals surface area contributed by atoms with E-state index in [-0.39, 0.29) is 42.6 Å². The molecule has 3 atom stereocenters. The molecule has 1 saturated carbocycles. The van der Waals surface area contributed by atoms with Gasteiger partial charge < -0.3 is 20.5 Å². The Hall–Kier alpha value is -3.35. The first-order valence-electron chi connectivity index (χ1n) is 11.5. The minimum absolute atomic E-state index is 0.0196. The Bertz CT molecular complexity index is 991. The summed E-state index contributed by atoms with van der Waals surface area (Å²) in [5.74, 6) is -0.804. The van der Waals surface area contributed by atoms with Gasteiger partial charge in [-0.1, -0.05) is 55.5 Å². The summed E-state index contributed by atoms with van der Waals surface area (Å²) < 4.78 is 5.54. The Labute approximate surface area is 193 Å². The van der Waals surface area contributed by atoms with Gasteiger partial charge in [0.25, 0.3) is 0 Å². The SMILES string of the molecule is CC(CCNC(=O)C1CC1CNC(=O)OCC1c2ccccc2-c2ccccc21)CC(=O)O. The molecular formula is C26H30N2O5. The van der Waals surface area contributed by atoms with Gasteiger partial charge in [0.2, 0.25) is 5.91 Å². The van der Waals surface area contributed by atoms with Crippen molar-refractivity contribution in [3.8, 4) is 11.1 Å². The second-order valence-corrected chi connectivity index (χ2v) is 9.09. The molecule has 2 amide bonds. The number of rotatable bonds is 10. The molecule has 0 spiro atoms. The van der Waals surface area contributed by atoms with E-state index >= 15 is 0 Å². The molecule has 33 heavy (non-hydrogen) atoms. The highest BCUT2D eigenvalue weighted by Gasteiger charge is 2.42. The van der Waals surface area contributed by atoms with Crippen LogP contribution in [-0.4, -0.2) is 42.8 Å². The third-order valence-electron chi connectivity index (χ3n) is 6.57. The lowest BCUT2D eigenvalue weighted by Gasteiger charge is -2.14. The maximum absolute atomic E-state index is 12.3. The fourth-order valence-electron chi connectivity index (χ4n) is 4.63. The summed E-state index contributed by atoms with van der Waals surface area (Å²) in [6.45, 7) is 3.00. The van der Waals surface area contributed by atoms with Crippen molar-refractivity contribution < 1.29 is 24.2 Å². The molecule has 3 N–H and O–H groups in total. The number of carbonyl (C=O) groups is 3. The molecule has 0 radical (unpaired) electrons. The summed E-state index contributed by atoms with van der Waals surface area (Å²) in [5, 5.41) is 14.4. The van der Waals surface area contributed by atoms with Crippen LogP contribution in [0.1, 0.15) is 43.2 Å². The zero-order chi connectivity index (χ0) is 23.4. The first kappa shape index (κ1) is 22.8. The molecule has 0 aliphatic heterocycles. The molecule has 7 heteroatoms. The number of alkyl carbamates (subject to hydrolysis) is 1. The molecule has 2 aliphatic carbocycles. The third-order valence-corrected chi connectivity index (χ3v) is 6.57. The topological polar surface area (TPSA) is 105 Å². The van der Waals surface area contributed by atoms with Gasteiger partial charge in [0, 0.05) is 31.3 Å². The predicted octanol–water partition coefficient (Wildman–Crippen LogP) is 3.78. The molecule has 0 bridgehead atoms. The number of benzene rings is 2. The summed E-state index contributed by atoms with van der Waals surface area (Å²) in [7, 11) is 0. The summed E-state index contributed by atoms with van der Waals surface area (Å²) >= 11 is 0. The lowest BCUT2D eigenvalue weighted by Crippen LogP contribution is -2.31. The van der Waals surface area contributed by atoms with E-state index in [1.165, 1.54) is 22.3 Å². The molecule has 174 valence electrons. The van der Waals surface area contributed by atoms with Crippen LogP contribution < -0.4 is 10.6 Å². The van der Waals surface area contributed by atoms with E-state index in [4.69, 9.17) is 9.84 Å². The van der Waals surface area contributed by atoms with Gasteiger partial charge in [0.15, 0.2) is 0 Å². The number of aliphatic carboxylic acids is 1. The van der Waals surface area contributed by atoms with E-state index in [1.54, 1.807) is 0 Å².